The van der Waals surface area contributed by atoms with Gasteiger partial charge in [0.25, 0.3) is 5.56 Å². The standard InChI is InChI=1S/C14H9N3O3/c18-13-9-4-3-5-10(14(19)20)12(9)16-8-17(13)11-6-1-2-7-15-11/h1-8H,(H,19,20). The van der Waals surface area contributed by atoms with E-state index in [0.29, 0.717) is 5.82 Å². The number of benzene rings is 1. The summed E-state index contributed by atoms with van der Waals surface area (Å²) >= 11 is 0. The lowest BCUT2D eigenvalue weighted by Gasteiger charge is -2.06. The van der Waals surface area contributed by atoms with Crippen LogP contribution in [0.2, 0.25) is 0 Å². The van der Waals surface area contributed by atoms with Crippen molar-refractivity contribution < 1.29 is 9.90 Å². The Balaban J connectivity index is 2.33. The summed E-state index contributed by atoms with van der Waals surface area (Å²) in [5.74, 6) is -0.675. The molecule has 0 saturated heterocycles. The van der Waals surface area contributed by atoms with Gasteiger partial charge in [0.05, 0.1) is 16.5 Å². The Kier molecular flexibility index (Phi) is 2.76. The molecule has 0 atom stereocenters. The monoisotopic (exact) mass is 267 g/mol. The van der Waals surface area contributed by atoms with Crippen molar-refractivity contribution in [3.63, 3.8) is 0 Å². The van der Waals surface area contributed by atoms with E-state index in [4.69, 9.17) is 5.11 Å². The average molecular weight is 267 g/mol. The second-order valence-electron chi connectivity index (χ2n) is 4.11. The Hall–Kier alpha value is -3.02. The van der Waals surface area contributed by atoms with Gasteiger partial charge in [-0.2, -0.15) is 0 Å². The molecule has 0 aliphatic rings. The third-order valence-corrected chi connectivity index (χ3v) is 2.91. The fourth-order valence-electron chi connectivity index (χ4n) is 1.98. The van der Waals surface area contributed by atoms with E-state index in [0.717, 1.165) is 0 Å². The van der Waals surface area contributed by atoms with Crippen molar-refractivity contribution in [2.75, 3.05) is 0 Å². The van der Waals surface area contributed by atoms with Crippen LogP contribution in [0.3, 0.4) is 0 Å². The number of para-hydroxylation sites is 1. The lowest BCUT2D eigenvalue weighted by molar-refractivity contribution is 0.0699. The maximum absolute atomic E-state index is 12.4. The largest absolute Gasteiger partial charge is 0.478 e. The van der Waals surface area contributed by atoms with Crippen LogP contribution in [0.15, 0.2) is 53.7 Å². The summed E-state index contributed by atoms with van der Waals surface area (Å²) in [7, 11) is 0. The van der Waals surface area contributed by atoms with E-state index in [-0.39, 0.29) is 22.0 Å². The molecule has 3 rings (SSSR count). The van der Waals surface area contributed by atoms with Crippen LogP contribution in [-0.4, -0.2) is 25.6 Å². The van der Waals surface area contributed by atoms with Crippen molar-refractivity contribution in [1.82, 2.24) is 14.5 Å². The first-order valence-corrected chi connectivity index (χ1v) is 5.83. The Morgan fingerprint density at radius 1 is 1.10 bits per heavy atom. The summed E-state index contributed by atoms with van der Waals surface area (Å²) in [5, 5.41) is 9.35. The number of pyridine rings is 1. The minimum Gasteiger partial charge on any atom is -0.478 e. The van der Waals surface area contributed by atoms with Crippen LogP contribution >= 0.6 is 0 Å². The summed E-state index contributed by atoms with van der Waals surface area (Å²) in [4.78, 5) is 31.7. The molecule has 3 aromatic rings. The van der Waals surface area contributed by atoms with Crippen molar-refractivity contribution in [1.29, 1.82) is 0 Å². The summed E-state index contributed by atoms with van der Waals surface area (Å²) in [6.07, 6.45) is 2.86. The molecule has 0 amide bonds. The molecule has 0 unspecified atom stereocenters. The van der Waals surface area contributed by atoms with E-state index >= 15 is 0 Å². The van der Waals surface area contributed by atoms with E-state index in [9.17, 15) is 9.59 Å². The van der Waals surface area contributed by atoms with Gasteiger partial charge in [0.2, 0.25) is 0 Å². The SMILES string of the molecule is O=C(O)c1cccc2c(=O)n(-c3ccccn3)cnc12. The molecule has 2 aromatic heterocycles. The molecule has 0 aliphatic carbocycles. The lowest BCUT2D eigenvalue weighted by atomic mass is 10.1. The Labute approximate surface area is 113 Å². The predicted octanol–water partition coefficient (Wildman–Crippen LogP) is 1.48. The molecule has 98 valence electrons. The Morgan fingerprint density at radius 2 is 1.95 bits per heavy atom. The summed E-state index contributed by atoms with van der Waals surface area (Å²) in [6.45, 7) is 0. The number of rotatable bonds is 2. The van der Waals surface area contributed by atoms with Gasteiger partial charge < -0.3 is 5.11 Å². The van der Waals surface area contributed by atoms with Gasteiger partial charge >= 0.3 is 5.97 Å². The molecule has 6 heteroatoms. The van der Waals surface area contributed by atoms with Crippen molar-refractivity contribution in [3.05, 3.63) is 64.8 Å². The van der Waals surface area contributed by atoms with Crippen molar-refractivity contribution in [2.24, 2.45) is 0 Å². The lowest BCUT2D eigenvalue weighted by Crippen LogP contribution is -2.20. The van der Waals surface area contributed by atoms with Gasteiger partial charge in [0.15, 0.2) is 0 Å². The third-order valence-electron chi connectivity index (χ3n) is 2.91. The number of nitrogens with zero attached hydrogens (tertiary/aromatic N) is 3. The highest BCUT2D eigenvalue weighted by atomic mass is 16.4. The second-order valence-corrected chi connectivity index (χ2v) is 4.11. The minimum absolute atomic E-state index is 0.00720. The zero-order valence-corrected chi connectivity index (χ0v) is 10.2. The fraction of sp³-hybridized carbons (Fsp3) is 0. The van der Waals surface area contributed by atoms with Crippen LogP contribution < -0.4 is 5.56 Å². The van der Waals surface area contributed by atoms with Crippen molar-refractivity contribution >= 4 is 16.9 Å². The molecule has 0 aliphatic heterocycles. The smallest absolute Gasteiger partial charge is 0.337 e. The van der Waals surface area contributed by atoms with Gasteiger partial charge in [-0.1, -0.05) is 12.1 Å². The van der Waals surface area contributed by atoms with Crippen LogP contribution in [0.5, 0.6) is 0 Å². The second kappa shape index (κ2) is 4.58. The number of carboxylic acid groups (broad SMARTS) is 1. The van der Waals surface area contributed by atoms with Crippen LogP contribution in [0.1, 0.15) is 10.4 Å². The highest BCUT2D eigenvalue weighted by Crippen LogP contribution is 2.13. The molecule has 20 heavy (non-hydrogen) atoms. The highest BCUT2D eigenvalue weighted by molar-refractivity contribution is 6.01. The molecule has 6 nitrogen and oxygen atoms in total. The van der Waals surface area contributed by atoms with Gasteiger partial charge in [-0.05, 0) is 24.3 Å². The first-order chi connectivity index (χ1) is 9.68. The van der Waals surface area contributed by atoms with Crippen LogP contribution in [0.25, 0.3) is 16.7 Å². The van der Waals surface area contributed by atoms with Crippen LogP contribution in [0.4, 0.5) is 0 Å². The molecule has 1 aromatic carbocycles. The first-order valence-electron chi connectivity index (χ1n) is 5.83. The molecule has 0 bridgehead atoms. The molecule has 0 fully saturated rings. The number of fused-ring (bicyclic) bond motifs is 1. The third kappa shape index (κ3) is 1.83. The number of hydrogen-bond donors (Lipinski definition) is 1. The summed E-state index contributed by atoms with van der Waals surface area (Å²) in [5.41, 5.74) is -0.165. The summed E-state index contributed by atoms with van der Waals surface area (Å²) < 4.78 is 1.29. The van der Waals surface area contributed by atoms with Gasteiger partial charge in [-0.3, -0.25) is 9.36 Å². The normalized spacial score (nSPS) is 10.6. The molecular formula is C14H9N3O3. The zero-order valence-electron chi connectivity index (χ0n) is 10.2. The van der Waals surface area contributed by atoms with E-state index in [1.807, 2.05) is 0 Å². The van der Waals surface area contributed by atoms with Crippen LogP contribution in [0, 0.1) is 0 Å². The fourth-order valence-corrected chi connectivity index (χ4v) is 1.98. The number of carboxylic acids is 1. The zero-order chi connectivity index (χ0) is 14.1. The van der Waals surface area contributed by atoms with Gasteiger partial charge in [-0.25, -0.2) is 14.8 Å². The molecule has 0 saturated carbocycles. The number of carbonyl (C=O) groups is 1. The first kappa shape index (κ1) is 12.0. The summed E-state index contributed by atoms with van der Waals surface area (Å²) in [6, 6.07) is 9.67. The van der Waals surface area contributed by atoms with E-state index < -0.39 is 5.97 Å². The van der Waals surface area contributed by atoms with E-state index in [1.165, 1.54) is 23.0 Å². The topological polar surface area (TPSA) is 85.1 Å². The number of hydrogen-bond acceptors (Lipinski definition) is 4. The number of aromatic carboxylic acids is 1. The predicted molar refractivity (Wildman–Crippen MR) is 72.1 cm³/mol. The van der Waals surface area contributed by atoms with Gasteiger partial charge in [0.1, 0.15) is 12.1 Å². The van der Waals surface area contributed by atoms with Gasteiger partial charge in [0, 0.05) is 6.20 Å². The average Bonchev–Trinajstić information content (AvgIpc) is 2.48. The number of aromatic nitrogens is 3. The van der Waals surface area contributed by atoms with Crippen molar-refractivity contribution in [3.8, 4) is 5.82 Å². The van der Waals surface area contributed by atoms with Gasteiger partial charge in [-0.15, -0.1) is 0 Å². The van der Waals surface area contributed by atoms with E-state index in [2.05, 4.69) is 9.97 Å². The highest BCUT2D eigenvalue weighted by Gasteiger charge is 2.13. The molecule has 1 N–H and O–H groups in total. The molecule has 2 heterocycles. The molecule has 0 radical (unpaired) electrons. The maximum atomic E-state index is 12.4. The van der Waals surface area contributed by atoms with E-state index in [1.54, 1.807) is 30.5 Å². The quantitative estimate of drug-likeness (QED) is 0.760. The van der Waals surface area contributed by atoms with Crippen LogP contribution in [-0.2, 0) is 0 Å². The molecular weight excluding hydrogens is 258 g/mol. The Bertz CT molecular complexity index is 856. The Morgan fingerprint density at radius 3 is 2.65 bits per heavy atom. The maximum Gasteiger partial charge on any atom is 0.337 e. The minimum atomic E-state index is -1.11. The van der Waals surface area contributed by atoms with Crippen molar-refractivity contribution in [2.45, 2.75) is 0 Å². The molecule has 0 spiro atoms.